The maximum atomic E-state index is 13.1. The molecule has 3 rings (SSSR count). The molecule has 1 spiro atoms. The molecule has 2 aliphatic rings. The first-order valence-corrected chi connectivity index (χ1v) is 11.5. The fraction of sp³-hybridized carbons (Fsp3) is 0.625. The van der Waals surface area contributed by atoms with Crippen molar-refractivity contribution in [2.45, 2.75) is 66.3 Å². The zero-order chi connectivity index (χ0) is 25.4. The fourth-order valence-corrected chi connectivity index (χ4v) is 5.58. The fourth-order valence-electron chi connectivity index (χ4n) is 5.58. The van der Waals surface area contributed by atoms with E-state index in [0.717, 1.165) is 11.3 Å². The van der Waals surface area contributed by atoms with Crippen molar-refractivity contribution < 1.29 is 33.4 Å². The number of ether oxygens (including phenoxy) is 2. The van der Waals surface area contributed by atoms with Gasteiger partial charge in [0.05, 0.1) is 17.9 Å². The Bertz CT molecular complexity index is 1040. The van der Waals surface area contributed by atoms with E-state index in [0.29, 0.717) is 24.1 Å². The molecule has 0 bridgehead atoms. The molecule has 1 aromatic rings. The van der Waals surface area contributed by atoms with Gasteiger partial charge in [0.1, 0.15) is 12.1 Å². The summed E-state index contributed by atoms with van der Waals surface area (Å²) < 4.78 is 10.1. The van der Waals surface area contributed by atoms with Crippen LogP contribution in [0.2, 0.25) is 0 Å². The second-order valence-corrected chi connectivity index (χ2v) is 10.2. The Kier molecular flexibility index (Phi) is 6.91. The number of amides is 3. The average molecular weight is 476 g/mol. The highest BCUT2D eigenvalue weighted by molar-refractivity contribution is 6.09. The van der Waals surface area contributed by atoms with Gasteiger partial charge in [0.15, 0.2) is 6.61 Å². The first-order valence-electron chi connectivity index (χ1n) is 11.5. The number of nitrogens with one attached hydrogen (secondary N) is 2. The van der Waals surface area contributed by atoms with Gasteiger partial charge in [-0.25, -0.2) is 9.59 Å². The van der Waals surface area contributed by atoms with Gasteiger partial charge in [-0.1, -0.05) is 20.8 Å². The first kappa shape index (κ1) is 25.5. The normalized spacial score (nSPS) is 23.7. The zero-order valence-electron chi connectivity index (χ0n) is 20.6. The van der Waals surface area contributed by atoms with Crippen LogP contribution in [0, 0.1) is 25.2 Å². The molecule has 34 heavy (non-hydrogen) atoms. The largest absolute Gasteiger partial charge is 0.462 e. The van der Waals surface area contributed by atoms with Gasteiger partial charge in [0, 0.05) is 5.69 Å². The van der Waals surface area contributed by atoms with Gasteiger partial charge in [-0.2, -0.15) is 0 Å². The maximum absolute atomic E-state index is 13.1. The molecule has 0 unspecified atom stereocenters. The van der Waals surface area contributed by atoms with Crippen molar-refractivity contribution in [3.05, 3.63) is 22.5 Å². The summed E-state index contributed by atoms with van der Waals surface area (Å²) in [7, 11) is 0. The van der Waals surface area contributed by atoms with E-state index in [9.17, 15) is 24.0 Å². The second kappa shape index (κ2) is 9.23. The van der Waals surface area contributed by atoms with E-state index >= 15 is 0 Å². The number of ketones is 1. The van der Waals surface area contributed by atoms with Gasteiger partial charge in [0.25, 0.3) is 5.91 Å². The highest BCUT2D eigenvalue weighted by Gasteiger charge is 2.56. The minimum Gasteiger partial charge on any atom is -0.462 e. The van der Waals surface area contributed by atoms with E-state index in [4.69, 9.17) is 9.47 Å². The highest BCUT2D eigenvalue weighted by Crippen LogP contribution is 2.46. The van der Waals surface area contributed by atoms with Gasteiger partial charge < -0.3 is 19.8 Å². The van der Waals surface area contributed by atoms with Crippen molar-refractivity contribution in [1.29, 1.82) is 0 Å². The van der Waals surface area contributed by atoms with Crippen LogP contribution < -0.4 is 5.32 Å². The molecule has 10 heteroatoms. The summed E-state index contributed by atoms with van der Waals surface area (Å²) in [5, 5.41) is 2.80. The highest BCUT2D eigenvalue weighted by atomic mass is 16.5. The molecule has 2 fully saturated rings. The zero-order valence-corrected chi connectivity index (χ0v) is 20.6. The van der Waals surface area contributed by atoms with Crippen LogP contribution >= 0.6 is 0 Å². The predicted octanol–water partition coefficient (Wildman–Crippen LogP) is 2.67. The quantitative estimate of drug-likeness (QED) is 0.352. The molecular weight excluding hydrogens is 442 g/mol. The van der Waals surface area contributed by atoms with Crippen molar-refractivity contribution in [1.82, 2.24) is 15.2 Å². The minimum atomic E-state index is -1.02. The van der Waals surface area contributed by atoms with E-state index < -0.39 is 48.4 Å². The lowest BCUT2D eigenvalue weighted by atomic mass is 9.64. The summed E-state index contributed by atoms with van der Waals surface area (Å²) in [5.41, 5.74) is 0.142. The van der Waals surface area contributed by atoms with Crippen LogP contribution in [0.4, 0.5) is 4.79 Å². The molecule has 1 aliphatic carbocycles. The molecule has 2 atom stereocenters. The smallest absolute Gasteiger partial charge is 0.340 e. The van der Waals surface area contributed by atoms with E-state index in [1.54, 1.807) is 20.8 Å². The van der Waals surface area contributed by atoms with Crippen LogP contribution in [0.1, 0.15) is 79.1 Å². The van der Waals surface area contributed by atoms with Crippen LogP contribution in [0.15, 0.2) is 0 Å². The number of carbonyl (C=O) groups excluding carboxylic acids is 5. The standard InChI is InChI=1S/C24H33N3O7/c1-7-33-20(30)18-14(3)19(25-15(18)4)16(28)11-34-17(29)10-27-21(31)24(26-22(27)32)9-13(2)8-23(5,6)12-24/h13,25H,7-12H2,1-6H3,(H,26,32)/t13-,24+/m1/s1. The third-order valence-corrected chi connectivity index (χ3v) is 6.47. The van der Waals surface area contributed by atoms with Crippen molar-refractivity contribution >= 4 is 29.7 Å². The molecule has 0 radical (unpaired) electrons. The summed E-state index contributed by atoms with van der Waals surface area (Å²) in [4.78, 5) is 66.5. The molecule has 1 saturated heterocycles. The van der Waals surface area contributed by atoms with E-state index in [2.05, 4.69) is 24.1 Å². The molecular formula is C24H33N3O7. The van der Waals surface area contributed by atoms with Gasteiger partial charge in [-0.15, -0.1) is 0 Å². The predicted molar refractivity (Wildman–Crippen MR) is 121 cm³/mol. The minimum absolute atomic E-state index is 0.127. The number of imide groups is 1. The number of nitrogens with zero attached hydrogens (tertiary/aromatic N) is 1. The van der Waals surface area contributed by atoms with Crippen LogP contribution in [0.25, 0.3) is 0 Å². The Morgan fingerprint density at radius 3 is 2.41 bits per heavy atom. The van der Waals surface area contributed by atoms with Crippen molar-refractivity contribution in [3.8, 4) is 0 Å². The molecule has 1 aliphatic heterocycles. The van der Waals surface area contributed by atoms with E-state index in [1.165, 1.54) is 0 Å². The molecule has 0 aromatic carbocycles. The maximum Gasteiger partial charge on any atom is 0.340 e. The van der Waals surface area contributed by atoms with Crippen LogP contribution in [-0.2, 0) is 19.1 Å². The third kappa shape index (κ3) is 4.85. The van der Waals surface area contributed by atoms with Crippen molar-refractivity contribution in [3.63, 3.8) is 0 Å². The topological polar surface area (TPSA) is 135 Å². The number of hydrogen-bond donors (Lipinski definition) is 2. The molecule has 2 N–H and O–H groups in total. The lowest BCUT2D eigenvalue weighted by Crippen LogP contribution is -2.54. The van der Waals surface area contributed by atoms with E-state index in [-0.39, 0.29) is 29.2 Å². The van der Waals surface area contributed by atoms with Crippen LogP contribution in [0.3, 0.4) is 0 Å². The summed E-state index contributed by atoms with van der Waals surface area (Å²) in [6.07, 6.45) is 1.95. The molecule has 2 heterocycles. The first-order chi connectivity index (χ1) is 15.8. The number of carbonyl (C=O) groups is 5. The summed E-state index contributed by atoms with van der Waals surface area (Å²) in [6, 6.07) is -0.631. The number of rotatable bonds is 7. The Balaban J connectivity index is 1.63. The Morgan fingerprint density at radius 2 is 1.79 bits per heavy atom. The number of esters is 2. The lowest BCUT2D eigenvalue weighted by Gasteiger charge is -2.43. The molecule has 10 nitrogen and oxygen atoms in total. The molecule has 1 saturated carbocycles. The number of aryl methyl sites for hydroxylation is 1. The number of Topliss-reactive ketones (excluding diaryl/α,β-unsaturated/α-hetero) is 1. The number of urea groups is 1. The van der Waals surface area contributed by atoms with Gasteiger partial charge in [-0.05, 0) is 56.9 Å². The van der Waals surface area contributed by atoms with Crippen LogP contribution in [0.5, 0.6) is 0 Å². The Morgan fingerprint density at radius 1 is 1.12 bits per heavy atom. The molecule has 186 valence electrons. The van der Waals surface area contributed by atoms with Crippen molar-refractivity contribution in [2.75, 3.05) is 19.8 Å². The Labute approximate surface area is 198 Å². The molecule has 1 aromatic heterocycles. The summed E-state index contributed by atoms with van der Waals surface area (Å²) in [5.74, 6) is -2.15. The number of aromatic nitrogens is 1. The average Bonchev–Trinajstić information content (AvgIpc) is 3.12. The van der Waals surface area contributed by atoms with Crippen molar-refractivity contribution in [2.24, 2.45) is 11.3 Å². The Hall–Kier alpha value is -3.17. The third-order valence-electron chi connectivity index (χ3n) is 6.47. The number of hydrogen-bond acceptors (Lipinski definition) is 7. The summed E-state index contributed by atoms with van der Waals surface area (Å²) >= 11 is 0. The number of aromatic amines is 1. The van der Waals surface area contributed by atoms with Gasteiger partial charge in [0.2, 0.25) is 5.78 Å². The summed E-state index contributed by atoms with van der Waals surface area (Å²) in [6.45, 7) is 10.1. The lowest BCUT2D eigenvalue weighted by molar-refractivity contribution is -0.147. The SMILES string of the molecule is CCOC(=O)c1c(C)[nH]c(C(=O)COC(=O)CN2C(=O)N[C@]3(C[C@H](C)CC(C)(C)C3)C2=O)c1C. The van der Waals surface area contributed by atoms with E-state index in [1.807, 2.05) is 6.92 Å². The second-order valence-electron chi connectivity index (χ2n) is 10.2. The van der Waals surface area contributed by atoms with Gasteiger partial charge >= 0.3 is 18.0 Å². The van der Waals surface area contributed by atoms with Gasteiger partial charge in [-0.3, -0.25) is 19.3 Å². The van der Waals surface area contributed by atoms with Crippen LogP contribution in [-0.4, -0.2) is 64.8 Å². The monoisotopic (exact) mass is 475 g/mol. The number of H-pyrrole nitrogens is 1. The molecule has 3 amide bonds.